The SMILES string of the molecule is C=CCn1c(SCc2cccc(C(F)(F)F)c2)nnc1-c1ccc(Cl)cc1. The van der Waals surface area contributed by atoms with Gasteiger partial charge in [0, 0.05) is 22.9 Å². The van der Waals surface area contributed by atoms with Crippen LogP contribution in [0.1, 0.15) is 11.1 Å². The molecule has 0 aliphatic heterocycles. The molecule has 0 aliphatic rings. The van der Waals surface area contributed by atoms with Crippen LogP contribution in [0.15, 0.2) is 66.3 Å². The standard InChI is InChI=1S/C19H15ClF3N3S/c1-2-10-26-17(14-6-8-16(20)9-7-14)24-25-18(26)27-12-13-4-3-5-15(11-13)19(21,22)23/h2-9,11H,1,10,12H2. The van der Waals surface area contributed by atoms with Gasteiger partial charge in [0.1, 0.15) is 0 Å². The summed E-state index contributed by atoms with van der Waals surface area (Å²) in [4.78, 5) is 0. The largest absolute Gasteiger partial charge is 0.416 e. The van der Waals surface area contributed by atoms with Gasteiger partial charge >= 0.3 is 6.18 Å². The zero-order valence-corrected chi connectivity index (χ0v) is 15.7. The summed E-state index contributed by atoms with van der Waals surface area (Å²) in [6.07, 6.45) is -2.64. The van der Waals surface area contributed by atoms with E-state index in [-0.39, 0.29) is 0 Å². The van der Waals surface area contributed by atoms with Crippen LogP contribution in [0.2, 0.25) is 5.02 Å². The number of aromatic nitrogens is 3. The molecule has 1 heterocycles. The number of rotatable bonds is 6. The molecule has 0 radical (unpaired) electrons. The summed E-state index contributed by atoms with van der Waals surface area (Å²) in [7, 11) is 0. The van der Waals surface area contributed by atoms with Gasteiger partial charge in [-0.2, -0.15) is 13.2 Å². The van der Waals surface area contributed by atoms with Gasteiger partial charge in [0.25, 0.3) is 0 Å². The Balaban J connectivity index is 1.83. The highest BCUT2D eigenvalue weighted by atomic mass is 35.5. The predicted molar refractivity (Wildman–Crippen MR) is 102 cm³/mol. The lowest BCUT2D eigenvalue weighted by molar-refractivity contribution is -0.137. The summed E-state index contributed by atoms with van der Waals surface area (Å²) in [6, 6.07) is 12.5. The minimum atomic E-state index is -4.36. The van der Waals surface area contributed by atoms with E-state index in [0.29, 0.717) is 33.9 Å². The van der Waals surface area contributed by atoms with Crippen LogP contribution in [0.4, 0.5) is 13.2 Å². The molecule has 0 saturated carbocycles. The normalized spacial score (nSPS) is 11.6. The van der Waals surface area contributed by atoms with Crippen molar-refractivity contribution >= 4 is 23.4 Å². The monoisotopic (exact) mass is 409 g/mol. The lowest BCUT2D eigenvalue weighted by atomic mass is 10.1. The molecule has 3 rings (SSSR count). The van der Waals surface area contributed by atoms with Gasteiger partial charge in [-0.3, -0.25) is 4.57 Å². The zero-order chi connectivity index (χ0) is 19.4. The van der Waals surface area contributed by atoms with Crippen molar-refractivity contribution in [2.45, 2.75) is 23.6 Å². The first-order chi connectivity index (χ1) is 12.9. The Morgan fingerprint density at radius 3 is 2.52 bits per heavy atom. The summed E-state index contributed by atoms with van der Waals surface area (Å²) < 4.78 is 40.5. The molecule has 0 spiro atoms. The molecule has 0 atom stereocenters. The third kappa shape index (κ3) is 4.73. The number of alkyl halides is 3. The average molecular weight is 410 g/mol. The van der Waals surface area contributed by atoms with Crippen LogP contribution in [0.5, 0.6) is 0 Å². The number of halogens is 4. The van der Waals surface area contributed by atoms with E-state index < -0.39 is 11.7 Å². The Kier molecular flexibility index (Phi) is 5.92. The van der Waals surface area contributed by atoms with Crippen molar-refractivity contribution in [3.05, 3.63) is 77.3 Å². The van der Waals surface area contributed by atoms with E-state index in [1.807, 2.05) is 16.7 Å². The fourth-order valence-corrected chi connectivity index (χ4v) is 3.50. The van der Waals surface area contributed by atoms with Crippen LogP contribution in [0, 0.1) is 0 Å². The average Bonchev–Trinajstić information content (AvgIpc) is 3.03. The molecule has 0 unspecified atom stereocenters. The van der Waals surface area contributed by atoms with Crippen molar-refractivity contribution in [1.29, 1.82) is 0 Å². The third-order valence-corrected chi connectivity index (χ3v) is 5.04. The molecule has 3 aromatic rings. The molecule has 3 nitrogen and oxygen atoms in total. The first-order valence-corrected chi connectivity index (χ1v) is 9.34. The second-order valence-electron chi connectivity index (χ2n) is 5.70. The Bertz CT molecular complexity index is 936. The van der Waals surface area contributed by atoms with Crippen molar-refractivity contribution in [3.63, 3.8) is 0 Å². The zero-order valence-electron chi connectivity index (χ0n) is 14.1. The highest BCUT2D eigenvalue weighted by Gasteiger charge is 2.30. The van der Waals surface area contributed by atoms with E-state index in [2.05, 4.69) is 16.8 Å². The highest BCUT2D eigenvalue weighted by Crippen LogP contribution is 2.32. The molecule has 2 aromatic carbocycles. The van der Waals surface area contributed by atoms with Crippen molar-refractivity contribution in [2.24, 2.45) is 0 Å². The molecule has 0 fully saturated rings. The highest BCUT2D eigenvalue weighted by molar-refractivity contribution is 7.98. The number of nitrogens with zero attached hydrogens (tertiary/aromatic N) is 3. The lowest BCUT2D eigenvalue weighted by Crippen LogP contribution is -2.05. The molecule has 8 heteroatoms. The number of allylic oxidation sites excluding steroid dienone is 1. The van der Waals surface area contributed by atoms with Crippen LogP contribution in [0.3, 0.4) is 0 Å². The molecule has 0 saturated heterocycles. The maximum atomic E-state index is 12.9. The maximum absolute atomic E-state index is 12.9. The van der Waals surface area contributed by atoms with Gasteiger partial charge in [0.05, 0.1) is 5.56 Å². The molecule has 0 bridgehead atoms. The van der Waals surface area contributed by atoms with E-state index in [1.54, 1.807) is 24.3 Å². The van der Waals surface area contributed by atoms with Crippen molar-refractivity contribution in [3.8, 4) is 11.4 Å². The van der Waals surface area contributed by atoms with Crippen LogP contribution in [-0.4, -0.2) is 14.8 Å². The Labute approximate surface area is 163 Å². The van der Waals surface area contributed by atoms with Crippen LogP contribution < -0.4 is 0 Å². The smallest absolute Gasteiger partial charge is 0.298 e. The number of hydrogen-bond donors (Lipinski definition) is 0. The van der Waals surface area contributed by atoms with Crippen LogP contribution >= 0.6 is 23.4 Å². The van der Waals surface area contributed by atoms with Gasteiger partial charge in [0.2, 0.25) is 0 Å². The fraction of sp³-hybridized carbons (Fsp3) is 0.158. The minimum Gasteiger partial charge on any atom is -0.298 e. The number of benzene rings is 2. The summed E-state index contributed by atoms with van der Waals surface area (Å²) in [5.41, 5.74) is 0.755. The van der Waals surface area contributed by atoms with Gasteiger partial charge in [-0.15, -0.1) is 16.8 Å². The second-order valence-corrected chi connectivity index (χ2v) is 7.08. The van der Waals surface area contributed by atoms with Gasteiger partial charge in [-0.1, -0.05) is 47.6 Å². The quantitative estimate of drug-likeness (QED) is 0.364. The predicted octanol–water partition coefficient (Wildman–Crippen LogP) is 6.10. The van der Waals surface area contributed by atoms with Gasteiger partial charge < -0.3 is 0 Å². The van der Waals surface area contributed by atoms with Gasteiger partial charge in [-0.25, -0.2) is 0 Å². The molecule has 0 N–H and O–H groups in total. The van der Waals surface area contributed by atoms with Gasteiger partial charge in [-0.05, 0) is 35.9 Å². The van der Waals surface area contributed by atoms with Crippen molar-refractivity contribution < 1.29 is 13.2 Å². The van der Waals surface area contributed by atoms with E-state index in [0.717, 1.165) is 17.7 Å². The molecule has 0 amide bonds. The Morgan fingerprint density at radius 1 is 1.11 bits per heavy atom. The van der Waals surface area contributed by atoms with Crippen LogP contribution in [-0.2, 0) is 18.5 Å². The Morgan fingerprint density at radius 2 is 1.85 bits per heavy atom. The summed E-state index contributed by atoms with van der Waals surface area (Å²) >= 11 is 7.25. The third-order valence-electron chi connectivity index (χ3n) is 3.75. The first-order valence-electron chi connectivity index (χ1n) is 7.97. The molecule has 1 aromatic heterocycles. The molecular formula is C19H15ClF3N3S. The number of thioether (sulfide) groups is 1. The van der Waals surface area contributed by atoms with E-state index in [9.17, 15) is 13.2 Å². The Hall–Kier alpha value is -2.25. The molecule has 140 valence electrons. The van der Waals surface area contributed by atoms with E-state index in [1.165, 1.54) is 17.8 Å². The molecule has 0 aliphatic carbocycles. The van der Waals surface area contributed by atoms with Crippen molar-refractivity contribution in [2.75, 3.05) is 0 Å². The summed E-state index contributed by atoms with van der Waals surface area (Å²) in [5.74, 6) is 0.998. The summed E-state index contributed by atoms with van der Waals surface area (Å²) in [6.45, 7) is 4.23. The topological polar surface area (TPSA) is 30.7 Å². The lowest BCUT2D eigenvalue weighted by Gasteiger charge is -2.10. The molecular weight excluding hydrogens is 395 g/mol. The van der Waals surface area contributed by atoms with E-state index >= 15 is 0 Å². The maximum Gasteiger partial charge on any atom is 0.416 e. The minimum absolute atomic E-state index is 0.347. The van der Waals surface area contributed by atoms with Crippen molar-refractivity contribution in [1.82, 2.24) is 14.8 Å². The van der Waals surface area contributed by atoms with E-state index in [4.69, 9.17) is 11.6 Å². The molecule has 27 heavy (non-hydrogen) atoms. The first kappa shape index (κ1) is 19.5. The number of hydrogen-bond acceptors (Lipinski definition) is 3. The van der Waals surface area contributed by atoms with Crippen LogP contribution in [0.25, 0.3) is 11.4 Å². The van der Waals surface area contributed by atoms with Gasteiger partial charge in [0.15, 0.2) is 11.0 Å². The second kappa shape index (κ2) is 8.19. The summed E-state index contributed by atoms with van der Waals surface area (Å²) in [5, 5.41) is 9.64. The fourth-order valence-electron chi connectivity index (χ4n) is 2.49.